The van der Waals surface area contributed by atoms with Crippen molar-refractivity contribution in [3.8, 4) is 0 Å². The Morgan fingerprint density at radius 1 is 1.20 bits per heavy atom. The van der Waals surface area contributed by atoms with Gasteiger partial charge in [0, 0.05) is 38.6 Å². The van der Waals surface area contributed by atoms with Crippen molar-refractivity contribution in [1.82, 2.24) is 15.1 Å². The predicted molar refractivity (Wildman–Crippen MR) is 96.9 cm³/mol. The van der Waals surface area contributed by atoms with Gasteiger partial charge in [-0.1, -0.05) is 39.5 Å². The average Bonchev–Trinajstić information content (AvgIpc) is 3.30. The summed E-state index contributed by atoms with van der Waals surface area (Å²) < 4.78 is 13.1. The molecule has 0 bridgehead atoms. The van der Waals surface area contributed by atoms with Crippen LogP contribution in [0.25, 0.3) is 0 Å². The molecule has 0 aromatic rings. The van der Waals surface area contributed by atoms with Crippen molar-refractivity contribution < 1.29 is 14.0 Å². The van der Waals surface area contributed by atoms with Crippen LogP contribution in [-0.4, -0.2) is 67.1 Å². The Hall–Kier alpha value is -1.17. The van der Waals surface area contributed by atoms with E-state index in [0.29, 0.717) is 38.4 Å². The second-order valence-electron chi connectivity index (χ2n) is 7.73. The van der Waals surface area contributed by atoms with E-state index in [1.54, 1.807) is 4.90 Å². The molecule has 0 aromatic heterocycles. The number of hydrogen-bond acceptors (Lipinski definition) is 3. The maximum absolute atomic E-state index is 13.1. The molecule has 1 aliphatic heterocycles. The van der Waals surface area contributed by atoms with E-state index >= 15 is 0 Å². The minimum absolute atomic E-state index is 0.0529. The summed E-state index contributed by atoms with van der Waals surface area (Å²) in [5, 5.41) is 3.05. The highest BCUT2D eigenvalue weighted by Crippen LogP contribution is 2.35. The second-order valence-corrected chi connectivity index (χ2v) is 7.73. The largest absolute Gasteiger partial charge is 0.354 e. The molecule has 2 amide bonds. The first kappa shape index (κ1) is 20.1. The molecule has 25 heavy (non-hydrogen) atoms. The van der Waals surface area contributed by atoms with E-state index in [4.69, 9.17) is 0 Å². The Morgan fingerprint density at radius 2 is 1.84 bits per heavy atom. The van der Waals surface area contributed by atoms with Crippen molar-refractivity contribution in [2.24, 2.45) is 11.8 Å². The fourth-order valence-electron chi connectivity index (χ4n) is 3.75. The molecular formula is C19H34FN3O2. The topological polar surface area (TPSA) is 52.7 Å². The van der Waals surface area contributed by atoms with Crippen LogP contribution < -0.4 is 5.32 Å². The van der Waals surface area contributed by atoms with E-state index < -0.39 is 12.1 Å². The average molecular weight is 355 g/mol. The highest BCUT2D eigenvalue weighted by Gasteiger charge is 2.46. The number of hydrogen-bond donors (Lipinski definition) is 1. The standard InChI is InChI=1S/C19H34FN3O2/c1-4-6-14(7-5-2)10-18(24)21-12-15-13-23(9-8-22(15)3)19(25)16-11-17(16)20/h14-17H,4-13H2,1-3H3,(H,21,24)/t15?,16-,17+/m1/s1. The third-order valence-corrected chi connectivity index (χ3v) is 5.52. The summed E-state index contributed by atoms with van der Waals surface area (Å²) in [6.07, 6.45) is 4.43. The fraction of sp³-hybridized carbons (Fsp3) is 0.895. The maximum atomic E-state index is 13.1. The molecule has 6 heteroatoms. The van der Waals surface area contributed by atoms with Gasteiger partial charge in [-0.3, -0.25) is 14.5 Å². The van der Waals surface area contributed by atoms with E-state index in [2.05, 4.69) is 24.1 Å². The maximum Gasteiger partial charge on any atom is 0.228 e. The molecule has 2 aliphatic rings. The van der Waals surface area contributed by atoms with Gasteiger partial charge >= 0.3 is 0 Å². The first-order valence-corrected chi connectivity index (χ1v) is 9.86. The minimum Gasteiger partial charge on any atom is -0.354 e. The van der Waals surface area contributed by atoms with Crippen molar-refractivity contribution >= 4 is 11.8 Å². The number of halogens is 1. The van der Waals surface area contributed by atoms with Crippen LogP contribution in [0, 0.1) is 11.8 Å². The van der Waals surface area contributed by atoms with Crippen LogP contribution in [0.5, 0.6) is 0 Å². The second kappa shape index (κ2) is 9.51. The van der Waals surface area contributed by atoms with Crippen LogP contribution >= 0.6 is 0 Å². The minimum atomic E-state index is -0.945. The molecule has 5 nitrogen and oxygen atoms in total. The zero-order valence-corrected chi connectivity index (χ0v) is 16.0. The van der Waals surface area contributed by atoms with Gasteiger partial charge < -0.3 is 10.2 Å². The molecule has 0 spiro atoms. The molecule has 144 valence electrons. The number of carbonyl (C=O) groups is 2. The molecule has 1 unspecified atom stereocenters. The van der Waals surface area contributed by atoms with Gasteiger partial charge in [-0.25, -0.2) is 4.39 Å². The zero-order chi connectivity index (χ0) is 18.4. The van der Waals surface area contributed by atoms with Crippen LogP contribution in [0.15, 0.2) is 0 Å². The van der Waals surface area contributed by atoms with Gasteiger partial charge in [0.1, 0.15) is 6.17 Å². The number of nitrogens with zero attached hydrogens (tertiary/aromatic N) is 2. The van der Waals surface area contributed by atoms with Gasteiger partial charge in [-0.15, -0.1) is 0 Å². The number of amides is 2. The molecule has 3 atom stereocenters. The normalized spacial score (nSPS) is 26.8. The lowest BCUT2D eigenvalue weighted by molar-refractivity contribution is -0.135. The predicted octanol–water partition coefficient (Wildman–Crippen LogP) is 2.21. The number of alkyl halides is 1. The van der Waals surface area contributed by atoms with Gasteiger partial charge in [0.2, 0.25) is 11.8 Å². The van der Waals surface area contributed by atoms with Gasteiger partial charge in [0.05, 0.1) is 5.92 Å². The fourth-order valence-corrected chi connectivity index (χ4v) is 3.75. The quantitative estimate of drug-likeness (QED) is 0.690. The SMILES string of the molecule is CCCC(CCC)CC(=O)NCC1CN(C(=O)[C@@H]2C[C@@H]2F)CCN1C. The van der Waals surface area contributed by atoms with E-state index in [9.17, 15) is 14.0 Å². The summed E-state index contributed by atoms with van der Waals surface area (Å²) in [6.45, 7) is 6.86. The Labute approximate surface area is 151 Å². The van der Waals surface area contributed by atoms with Crippen LogP contribution in [0.4, 0.5) is 4.39 Å². The van der Waals surface area contributed by atoms with E-state index in [0.717, 1.165) is 32.2 Å². The smallest absolute Gasteiger partial charge is 0.228 e. The molecule has 1 aliphatic carbocycles. The first-order valence-electron chi connectivity index (χ1n) is 9.86. The molecule has 1 N–H and O–H groups in total. The Morgan fingerprint density at radius 3 is 2.40 bits per heavy atom. The van der Waals surface area contributed by atoms with Gasteiger partial charge in [-0.2, -0.15) is 0 Å². The van der Waals surface area contributed by atoms with Crippen molar-refractivity contribution in [3.63, 3.8) is 0 Å². The van der Waals surface area contributed by atoms with Crippen molar-refractivity contribution in [2.45, 2.75) is 64.6 Å². The van der Waals surface area contributed by atoms with Crippen LogP contribution in [-0.2, 0) is 9.59 Å². The van der Waals surface area contributed by atoms with E-state index in [-0.39, 0.29) is 17.9 Å². The first-order chi connectivity index (χ1) is 12.0. The summed E-state index contributed by atoms with van der Waals surface area (Å²) in [5.41, 5.74) is 0. The Bertz CT molecular complexity index is 454. The van der Waals surface area contributed by atoms with Gasteiger partial charge in [0.15, 0.2) is 0 Å². The molecule has 1 saturated carbocycles. The number of nitrogens with one attached hydrogen (secondary N) is 1. The number of piperazine rings is 1. The van der Waals surface area contributed by atoms with Crippen molar-refractivity contribution in [3.05, 3.63) is 0 Å². The molecule has 1 saturated heterocycles. The highest BCUT2D eigenvalue weighted by atomic mass is 19.1. The van der Waals surface area contributed by atoms with E-state index in [1.165, 1.54) is 0 Å². The Kier molecular flexibility index (Phi) is 7.66. The monoisotopic (exact) mass is 355 g/mol. The molecular weight excluding hydrogens is 321 g/mol. The molecule has 0 radical (unpaired) electrons. The summed E-state index contributed by atoms with van der Waals surface area (Å²) in [4.78, 5) is 28.5. The highest BCUT2D eigenvalue weighted by molar-refractivity contribution is 5.82. The number of carbonyl (C=O) groups excluding carboxylic acids is 2. The lowest BCUT2D eigenvalue weighted by Gasteiger charge is -2.39. The van der Waals surface area contributed by atoms with Gasteiger partial charge in [-0.05, 0) is 19.4 Å². The lowest BCUT2D eigenvalue weighted by Crippen LogP contribution is -2.57. The van der Waals surface area contributed by atoms with Crippen LogP contribution in [0.2, 0.25) is 0 Å². The third-order valence-electron chi connectivity index (χ3n) is 5.52. The zero-order valence-electron chi connectivity index (χ0n) is 16.0. The van der Waals surface area contributed by atoms with E-state index in [1.807, 2.05) is 7.05 Å². The number of likely N-dealkylation sites (N-methyl/N-ethyl adjacent to an activating group) is 1. The van der Waals surface area contributed by atoms with Crippen LogP contribution in [0.3, 0.4) is 0 Å². The summed E-state index contributed by atoms with van der Waals surface area (Å²) in [7, 11) is 2.02. The summed E-state index contributed by atoms with van der Waals surface area (Å²) >= 11 is 0. The van der Waals surface area contributed by atoms with Gasteiger partial charge in [0.25, 0.3) is 0 Å². The molecule has 2 fully saturated rings. The molecule has 1 heterocycles. The van der Waals surface area contributed by atoms with Crippen molar-refractivity contribution in [2.75, 3.05) is 33.2 Å². The molecule has 2 rings (SSSR count). The lowest BCUT2D eigenvalue weighted by atomic mass is 9.94. The molecule has 0 aromatic carbocycles. The summed E-state index contributed by atoms with van der Waals surface area (Å²) in [5.74, 6) is 0.105. The summed E-state index contributed by atoms with van der Waals surface area (Å²) in [6, 6.07) is 0.106. The van der Waals surface area contributed by atoms with Crippen LogP contribution in [0.1, 0.15) is 52.4 Å². The number of rotatable bonds is 9. The Balaban J connectivity index is 1.77. The van der Waals surface area contributed by atoms with Crippen molar-refractivity contribution in [1.29, 1.82) is 0 Å². The third kappa shape index (κ3) is 5.94.